The molecule has 0 aliphatic rings. The van der Waals surface area contributed by atoms with Gasteiger partial charge in [0, 0.05) is 6.08 Å². The van der Waals surface area contributed by atoms with Crippen LogP contribution in [0.1, 0.15) is 6.92 Å². The summed E-state index contributed by atoms with van der Waals surface area (Å²) >= 11 is 0. The van der Waals surface area contributed by atoms with Gasteiger partial charge in [-0.1, -0.05) is 6.58 Å². The normalized spacial score (nSPS) is 11.2. The predicted octanol–water partition coefficient (Wildman–Crippen LogP) is 1.32. The molecule has 0 aromatic heterocycles. The van der Waals surface area contributed by atoms with E-state index in [-0.39, 0.29) is 6.61 Å². The van der Waals surface area contributed by atoms with Crippen molar-refractivity contribution in [2.45, 2.75) is 6.92 Å². The van der Waals surface area contributed by atoms with Crippen molar-refractivity contribution in [3.05, 3.63) is 12.7 Å². The van der Waals surface area contributed by atoms with Crippen molar-refractivity contribution in [3.8, 4) is 0 Å². The summed E-state index contributed by atoms with van der Waals surface area (Å²) in [5.74, 6) is -0.725. The lowest BCUT2D eigenvalue weighted by atomic mass is 10.7. The number of hydrogen-bond acceptors (Lipinski definition) is 5. The van der Waals surface area contributed by atoms with Gasteiger partial charge in [0.1, 0.15) is 0 Å². The lowest BCUT2D eigenvalue weighted by Gasteiger charge is -1.99. The maximum absolute atomic E-state index is 10.5. The molecule has 14 heavy (non-hydrogen) atoms. The Kier molecular flexibility index (Phi) is 11.8. The van der Waals surface area contributed by atoms with E-state index in [0.29, 0.717) is 0 Å². The van der Waals surface area contributed by atoms with Crippen LogP contribution in [0.5, 0.6) is 0 Å². The lowest BCUT2D eigenvalue weighted by Crippen LogP contribution is -1.99. The molecule has 1 atom stereocenters. The zero-order valence-electron chi connectivity index (χ0n) is 9.07. The van der Waals surface area contributed by atoms with E-state index in [0.717, 1.165) is 6.08 Å². The van der Waals surface area contributed by atoms with Crippen molar-refractivity contribution in [3.63, 3.8) is 0 Å². The second-order valence-electron chi connectivity index (χ2n) is 2.65. The minimum atomic E-state index is -2.62. The van der Waals surface area contributed by atoms with E-state index < -0.39 is 14.2 Å². The average molecular weight is 223 g/mol. The monoisotopic (exact) mass is 223 g/mol. The van der Waals surface area contributed by atoms with Crippen LogP contribution in [0.4, 0.5) is 0 Å². The van der Waals surface area contributed by atoms with E-state index in [1.165, 1.54) is 0 Å². The smallest absolute Gasteiger partial charge is 0.370 e. The molecule has 0 bridgehead atoms. The van der Waals surface area contributed by atoms with Crippen LogP contribution in [0.3, 0.4) is 0 Å². The first kappa shape index (κ1) is 15.8. The Morgan fingerprint density at radius 2 is 1.93 bits per heavy atom. The minimum Gasteiger partial charge on any atom is -0.390 e. The molecule has 0 aromatic carbocycles. The second-order valence-corrected chi connectivity index (χ2v) is 3.64. The summed E-state index contributed by atoms with van der Waals surface area (Å²) in [5.41, 5.74) is 0. The van der Waals surface area contributed by atoms with Gasteiger partial charge >= 0.3 is 14.2 Å². The van der Waals surface area contributed by atoms with E-state index >= 15 is 0 Å². The molecule has 5 nitrogen and oxygen atoms in total. The fourth-order valence-electron chi connectivity index (χ4n) is 0.271. The van der Waals surface area contributed by atoms with Gasteiger partial charge in [-0.15, -0.1) is 0 Å². The van der Waals surface area contributed by atoms with Gasteiger partial charge in [-0.25, -0.2) is 9.36 Å². The first-order valence-corrected chi connectivity index (χ1v) is 5.28. The fourth-order valence-corrected chi connectivity index (χ4v) is 0.813. The topological polar surface area (TPSA) is 55.8 Å². The molecular weight excluding hydrogens is 205 g/mol. The van der Waals surface area contributed by atoms with E-state index in [4.69, 9.17) is 0 Å². The van der Waals surface area contributed by atoms with Gasteiger partial charge in [0.2, 0.25) is 0 Å². The van der Waals surface area contributed by atoms with Crippen molar-refractivity contribution in [2.75, 3.05) is 27.7 Å². The standard InChI is InChI=1S/C5H9O4P.C3H9N/c1-3-5(6)9-10(7)8-4-2;1-4(2)3/h3,10H,1,4H2,2H3;1-3H3. The number of hydrogen-bond donors (Lipinski definition) is 0. The molecule has 0 heterocycles. The van der Waals surface area contributed by atoms with Crippen LogP contribution in [-0.4, -0.2) is 38.6 Å². The molecule has 84 valence electrons. The Morgan fingerprint density at radius 1 is 1.50 bits per heavy atom. The third-order valence-electron chi connectivity index (χ3n) is 0.613. The van der Waals surface area contributed by atoms with E-state index in [1.807, 2.05) is 26.0 Å². The maximum atomic E-state index is 10.5. The Hall–Kier alpha value is -0.640. The average Bonchev–Trinajstić information content (AvgIpc) is 2.03. The summed E-state index contributed by atoms with van der Waals surface area (Å²) in [7, 11) is 3.38. The Bertz CT molecular complexity index is 191. The van der Waals surface area contributed by atoms with E-state index in [1.54, 1.807) is 6.92 Å². The second kappa shape index (κ2) is 10.4. The predicted molar refractivity (Wildman–Crippen MR) is 56.5 cm³/mol. The number of rotatable bonds is 4. The van der Waals surface area contributed by atoms with Gasteiger partial charge < -0.3 is 13.9 Å². The van der Waals surface area contributed by atoms with E-state index in [9.17, 15) is 9.36 Å². The molecule has 0 N–H and O–H groups in total. The molecule has 0 amide bonds. The molecule has 0 aromatic rings. The van der Waals surface area contributed by atoms with Crippen LogP contribution in [0.15, 0.2) is 12.7 Å². The summed E-state index contributed by atoms with van der Waals surface area (Å²) in [5, 5.41) is 0. The van der Waals surface area contributed by atoms with Gasteiger partial charge in [-0.05, 0) is 28.1 Å². The Labute approximate surface area is 85.6 Å². The minimum absolute atomic E-state index is 0.266. The zero-order chi connectivity index (χ0) is 11.6. The molecule has 0 saturated carbocycles. The van der Waals surface area contributed by atoms with Crippen molar-refractivity contribution in [1.29, 1.82) is 0 Å². The molecule has 0 rings (SSSR count). The van der Waals surface area contributed by atoms with Gasteiger partial charge in [-0.3, -0.25) is 0 Å². The Balaban J connectivity index is 0. The third-order valence-corrected chi connectivity index (χ3v) is 1.51. The molecular formula is C8H18NO4P. The summed E-state index contributed by atoms with van der Waals surface area (Å²) in [6.45, 7) is 5.04. The molecule has 0 aliphatic heterocycles. The molecule has 6 heteroatoms. The maximum Gasteiger partial charge on any atom is 0.370 e. The molecule has 0 saturated heterocycles. The van der Waals surface area contributed by atoms with Crippen LogP contribution in [-0.2, 0) is 18.4 Å². The number of carbonyl (C=O) groups excluding carboxylic acids is 1. The first-order chi connectivity index (χ1) is 6.43. The number of nitrogens with zero attached hydrogens (tertiary/aromatic N) is 1. The van der Waals surface area contributed by atoms with Crippen LogP contribution < -0.4 is 0 Å². The van der Waals surface area contributed by atoms with E-state index in [2.05, 4.69) is 15.6 Å². The van der Waals surface area contributed by atoms with Crippen LogP contribution >= 0.6 is 8.25 Å². The molecule has 1 unspecified atom stereocenters. The highest BCUT2D eigenvalue weighted by Crippen LogP contribution is 2.22. The van der Waals surface area contributed by atoms with Crippen molar-refractivity contribution in [1.82, 2.24) is 4.90 Å². The van der Waals surface area contributed by atoms with Gasteiger partial charge in [-0.2, -0.15) is 0 Å². The van der Waals surface area contributed by atoms with Crippen LogP contribution in [0.2, 0.25) is 0 Å². The fraction of sp³-hybridized carbons (Fsp3) is 0.625. The SMILES string of the molecule is C=CC(=O)O[PH](=O)OCC.CN(C)C. The molecule has 0 aliphatic carbocycles. The highest BCUT2D eigenvalue weighted by Gasteiger charge is 2.01. The highest BCUT2D eigenvalue weighted by molar-refractivity contribution is 7.34. The molecule has 0 spiro atoms. The first-order valence-electron chi connectivity index (χ1n) is 4.05. The Morgan fingerprint density at radius 3 is 2.21 bits per heavy atom. The quantitative estimate of drug-likeness (QED) is 0.531. The molecule has 0 radical (unpaired) electrons. The van der Waals surface area contributed by atoms with Gasteiger partial charge in [0.05, 0.1) is 6.61 Å². The number of carbonyl (C=O) groups is 1. The third kappa shape index (κ3) is 17.4. The van der Waals surface area contributed by atoms with Crippen molar-refractivity contribution < 1.29 is 18.4 Å². The largest absolute Gasteiger partial charge is 0.390 e. The summed E-state index contributed by atoms with van der Waals surface area (Å²) < 4.78 is 19.2. The van der Waals surface area contributed by atoms with Gasteiger partial charge in [0.15, 0.2) is 0 Å². The summed E-state index contributed by atoms with van der Waals surface area (Å²) in [6.07, 6.45) is 0.932. The highest BCUT2D eigenvalue weighted by atomic mass is 31.1. The lowest BCUT2D eigenvalue weighted by molar-refractivity contribution is -0.129. The zero-order valence-corrected chi connectivity index (χ0v) is 10.1. The van der Waals surface area contributed by atoms with Gasteiger partial charge in [0.25, 0.3) is 0 Å². The van der Waals surface area contributed by atoms with Crippen molar-refractivity contribution >= 4 is 14.2 Å². The van der Waals surface area contributed by atoms with Crippen molar-refractivity contribution in [2.24, 2.45) is 0 Å². The van der Waals surface area contributed by atoms with Crippen LogP contribution in [0.25, 0.3) is 0 Å². The summed E-state index contributed by atoms with van der Waals surface area (Å²) in [4.78, 5) is 12.3. The molecule has 0 fully saturated rings. The van der Waals surface area contributed by atoms with Crippen LogP contribution in [0, 0.1) is 0 Å². The summed E-state index contributed by atoms with van der Waals surface area (Å²) in [6, 6.07) is 0.